The Kier molecular flexibility index (Phi) is 3.17. The number of thioether (sulfide) groups is 1. The molecule has 0 radical (unpaired) electrons. The fourth-order valence-corrected chi connectivity index (χ4v) is 4.30. The van der Waals surface area contributed by atoms with Gasteiger partial charge in [0.05, 0.1) is 12.7 Å². The molecule has 1 atom stereocenters. The molecule has 1 aromatic carbocycles. The summed E-state index contributed by atoms with van der Waals surface area (Å²) in [6, 6.07) is 6.44. The van der Waals surface area contributed by atoms with E-state index in [1.165, 1.54) is 5.56 Å². The Balaban J connectivity index is 1.96. The van der Waals surface area contributed by atoms with E-state index >= 15 is 0 Å². The van der Waals surface area contributed by atoms with Gasteiger partial charge in [0.25, 0.3) is 0 Å². The molecule has 3 rings (SSSR count). The van der Waals surface area contributed by atoms with Crippen molar-refractivity contribution < 1.29 is 4.74 Å². The normalized spacial score (nSPS) is 25.6. The number of benzene rings is 1. The number of hydrogen-bond donors (Lipinski definition) is 0. The van der Waals surface area contributed by atoms with Crippen molar-refractivity contribution in [2.75, 3.05) is 12.4 Å². The predicted molar refractivity (Wildman–Crippen MR) is 74.4 cm³/mol. The van der Waals surface area contributed by atoms with Crippen LogP contribution in [0.25, 0.3) is 0 Å². The maximum Gasteiger partial charge on any atom is 0.126 e. The first-order valence-electron chi connectivity index (χ1n) is 6.22. The van der Waals surface area contributed by atoms with E-state index in [9.17, 15) is 5.26 Å². The molecule has 0 amide bonds. The molecule has 4 heteroatoms. The standard InChI is InChI=1S/C14H14ClNOS/c15-12-6-10-2-4-17-13(10)11(7-12)8-14(9-16)3-1-5-18-14/h6-7H,1-5,8H2. The largest absolute Gasteiger partial charge is 0.493 e. The molecule has 94 valence electrons. The van der Waals surface area contributed by atoms with Gasteiger partial charge in [0, 0.05) is 17.9 Å². The second kappa shape index (κ2) is 4.68. The summed E-state index contributed by atoms with van der Waals surface area (Å²) >= 11 is 7.93. The Bertz CT molecular complexity index is 517. The van der Waals surface area contributed by atoms with Gasteiger partial charge in [0.2, 0.25) is 0 Å². The molecule has 0 bridgehead atoms. The van der Waals surface area contributed by atoms with Crippen LogP contribution in [-0.4, -0.2) is 17.1 Å². The van der Waals surface area contributed by atoms with Gasteiger partial charge >= 0.3 is 0 Å². The molecule has 2 aliphatic rings. The van der Waals surface area contributed by atoms with Crippen molar-refractivity contribution in [2.45, 2.75) is 30.4 Å². The van der Waals surface area contributed by atoms with Crippen LogP contribution in [0.4, 0.5) is 0 Å². The molecule has 1 unspecified atom stereocenters. The van der Waals surface area contributed by atoms with Crippen molar-refractivity contribution in [1.82, 2.24) is 0 Å². The Morgan fingerprint density at radius 3 is 3.11 bits per heavy atom. The summed E-state index contributed by atoms with van der Waals surface area (Å²) in [5.74, 6) is 2.05. The van der Waals surface area contributed by atoms with Crippen molar-refractivity contribution in [1.29, 1.82) is 5.26 Å². The van der Waals surface area contributed by atoms with Gasteiger partial charge in [-0.25, -0.2) is 0 Å². The van der Waals surface area contributed by atoms with E-state index in [0.717, 1.165) is 54.4 Å². The number of ether oxygens (including phenoxy) is 1. The summed E-state index contributed by atoms with van der Waals surface area (Å²) in [6.07, 6.45) is 3.77. The van der Waals surface area contributed by atoms with E-state index in [2.05, 4.69) is 6.07 Å². The summed E-state index contributed by atoms with van der Waals surface area (Å²) in [4.78, 5) is 0. The van der Waals surface area contributed by atoms with Crippen molar-refractivity contribution in [3.8, 4) is 11.8 Å². The van der Waals surface area contributed by atoms with Gasteiger partial charge < -0.3 is 4.74 Å². The highest BCUT2D eigenvalue weighted by atomic mass is 35.5. The number of hydrogen-bond acceptors (Lipinski definition) is 3. The van der Waals surface area contributed by atoms with Gasteiger partial charge in [-0.05, 0) is 41.9 Å². The third kappa shape index (κ3) is 2.08. The molecule has 0 saturated carbocycles. The van der Waals surface area contributed by atoms with Crippen molar-refractivity contribution in [3.63, 3.8) is 0 Å². The predicted octanol–water partition coefficient (Wildman–Crippen LogP) is 3.61. The van der Waals surface area contributed by atoms with Gasteiger partial charge in [0.15, 0.2) is 0 Å². The molecular formula is C14H14ClNOS. The molecule has 2 aliphatic heterocycles. The minimum atomic E-state index is -0.273. The fourth-order valence-electron chi connectivity index (χ4n) is 2.75. The first kappa shape index (κ1) is 12.2. The zero-order valence-corrected chi connectivity index (χ0v) is 11.6. The maximum atomic E-state index is 9.45. The zero-order valence-electron chi connectivity index (χ0n) is 10.0. The Labute approximate surface area is 116 Å². The van der Waals surface area contributed by atoms with Gasteiger partial charge in [-0.2, -0.15) is 5.26 Å². The highest BCUT2D eigenvalue weighted by Gasteiger charge is 2.36. The average molecular weight is 280 g/mol. The topological polar surface area (TPSA) is 33.0 Å². The summed E-state index contributed by atoms with van der Waals surface area (Å²) in [5.41, 5.74) is 2.29. The van der Waals surface area contributed by atoms with Gasteiger partial charge in [-0.3, -0.25) is 0 Å². The number of nitrogens with zero attached hydrogens (tertiary/aromatic N) is 1. The summed E-state index contributed by atoms with van der Waals surface area (Å²) < 4.78 is 5.43. The monoisotopic (exact) mass is 279 g/mol. The quantitative estimate of drug-likeness (QED) is 0.829. The molecular weight excluding hydrogens is 266 g/mol. The summed E-state index contributed by atoms with van der Waals surface area (Å²) in [7, 11) is 0. The van der Waals surface area contributed by atoms with Crippen molar-refractivity contribution in [2.24, 2.45) is 0 Å². The minimum absolute atomic E-state index is 0.273. The van der Waals surface area contributed by atoms with E-state index in [1.54, 1.807) is 11.8 Å². The molecule has 0 spiro atoms. The van der Waals surface area contributed by atoms with Crippen LogP contribution in [0.5, 0.6) is 5.75 Å². The van der Waals surface area contributed by atoms with Crippen LogP contribution in [0.3, 0.4) is 0 Å². The number of nitriles is 1. The molecule has 1 saturated heterocycles. The van der Waals surface area contributed by atoms with Crippen LogP contribution in [0.15, 0.2) is 12.1 Å². The SMILES string of the molecule is N#CC1(Cc2cc(Cl)cc3c2OCC3)CCCS1. The Morgan fingerprint density at radius 2 is 2.39 bits per heavy atom. The minimum Gasteiger partial charge on any atom is -0.493 e. The first-order valence-corrected chi connectivity index (χ1v) is 7.58. The number of rotatable bonds is 2. The van der Waals surface area contributed by atoms with Crippen LogP contribution in [0, 0.1) is 11.3 Å². The number of fused-ring (bicyclic) bond motifs is 1. The molecule has 0 aliphatic carbocycles. The summed E-state index contributed by atoms with van der Waals surface area (Å²) in [5, 5.41) is 10.2. The van der Waals surface area contributed by atoms with Gasteiger partial charge in [0.1, 0.15) is 10.5 Å². The lowest BCUT2D eigenvalue weighted by atomic mass is 9.94. The van der Waals surface area contributed by atoms with Gasteiger partial charge in [-0.1, -0.05) is 11.6 Å². The lowest BCUT2D eigenvalue weighted by Gasteiger charge is -2.20. The van der Waals surface area contributed by atoms with Gasteiger partial charge in [-0.15, -0.1) is 11.8 Å². The molecule has 2 heterocycles. The Hall–Kier alpha value is -0.850. The number of halogens is 1. The van der Waals surface area contributed by atoms with Crippen LogP contribution in [0.2, 0.25) is 5.02 Å². The maximum absolute atomic E-state index is 9.45. The third-order valence-corrected chi connectivity index (χ3v) is 5.31. The molecule has 0 N–H and O–H groups in total. The Morgan fingerprint density at radius 1 is 1.50 bits per heavy atom. The van der Waals surface area contributed by atoms with E-state index in [0.29, 0.717) is 0 Å². The lowest BCUT2D eigenvalue weighted by Crippen LogP contribution is -2.22. The fraction of sp³-hybridized carbons (Fsp3) is 0.500. The second-order valence-corrected chi connectivity index (χ2v) is 6.80. The highest BCUT2D eigenvalue weighted by molar-refractivity contribution is 8.01. The lowest BCUT2D eigenvalue weighted by molar-refractivity contribution is 0.352. The van der Waals surface area contributed by atoms with E-state index in [4.69, 9.17) is 16.3 Å². The average Bonchev–Trinajstić information content (AvgIpc) is 2.98. The van der Waals surface area contributed by atoms with Crippen molar-refractivity contribution in [3.05, 3.63) is 28.3 Å². The van der Waals surface area contributed by atoms with Crippen LogP contribution in [0.1, 0.15) is 24.0 Å². The van der Waals surface area contributed by atoms with Crippen LogP contribution in [-0.2, 0) is 12.8 Å². The van der Waals surface area contributed by atoms with E-state index in [1.807, 2.05) is 12.1 Å². The molecule has 0 aromatic heterocycles. The third-order valence-electron chi connectivity index (χ3n) is 3.61. The van der Waals surface area contributed by atoms with E-state index in [-0.39, 0.29) is 4.75 Å². The summed E-state index contributed by atoms with van der Waals surface area (Å²) in [6.45, 7) is 0.732. The zero-order chi connectivity index (χ0) is 12.6. The highest BCUT2D eigenvalue weighted by Crippen LogP contribution is 2.43. The smallest absolute Gasteiger partial charge is 0.126 e. The first-order chi connectivity index (χ1) is 8.72. The van der Waals surface area contributed by atoms with Crippen molar-refractivity contribution >= 4 is 23.4 Å². The molecule has 2 nitrogen and oxygen atoms in total. The van der Waals surface area contributed by atoms with Crippen LogP contribution < -0.4 is 4.74 Å². The van der Waals surface area contributed by atoms with E-state index < -0.39 is 0 Å². The molecule has 18 heavy (non-hydrogen) atoms. The molecule has 1 aromatic rings. The van der Waals surface area contributed by atoms with Crippen LogP contribution >= 0.6 is 23.4 Å². The second-order valence-electron chi connectivity index (χ2n) is 4.89. The molecule has 1 fully saturated rings.